The van der Waals surface area contributed by atoms with Crippen molar-refractivity contribution in [2.24, 2.45) is 5.41 Å². The molecule has 2 N–H and O–H groups in total. The first-order valence-electron chi connectivity index (χ1n) is 6.65. The first-order valence-corrected chi connectivity index (χ1v) is 6.65. The van der Waals surface area contributed by atoms with Crippen LogP contribution in [0.15, 0.2) is 24.2 Å². The minimum Gasteiger partial charge on any atom is -0.469 e. The fraction of sp³-hybridized carbons (Fsp3) is 0.571. The van der Waals surface area contributed by atoms with Crippen molar-refractivity contribution in [2.45, 2.75) is 32.6 Å². The number of rotatable bonds is 3. The molecule has 116 valence electrons. The molecule has 2 rings (SSSR count). The lowest BCUT2D eigenvalue weighted by atomic mass is 9.83. The molecule has 0 radical (unpaired) electrons. The lowest BCUT2D eigenvalue weighted by Gasteiger charge is -2.32. The highest BCUT2D eigenvalue weighted by Gasteiger charge is 2.53. The smallest absolute Gasteiger partial charge is 0.314 e. The van der Waals surface area contributed by atoms with E-state index in [0.29, 0.717) is 17.8 Å². The van der Waals surface area contributed by atoms with Gasteiger partial charge in [0.2, 0.25) is 0 Å². The van der Waals surface area contributed by atoms with Crippen molar-refractivity contribution >= 4 is 11.9 Å². The number of hydrogen-bond acceptors (Lipinski definition) is 6. The van der Waals surface area contributed by atoms with Crippen molar-refractivity contribution in [3.05, 3.63) is 24.2 Å². The Balaban J connectivity index is 2.26. The van der Waals surface area contributed by atoms with Crippen LogP contribution in [0.4, 0.5) is 0 Å². The van der Waals surface area contributed by atoms with E-state index < -0.39 is 23.7 Å². The molecule has 2 aliphatic heterocycles. The molecule has 2 aliphatic rings. The monoisotopic (exact) mass is 296 g/mol. The lowest BCUT2D eigenvalue weighted by Crippen LogP contribution is -2.42. The lowest BCUT2D eigenvalue weighted by molar-refractivity contribution is -0.156. The van der Waals surface area contributed by atoms with Crippen molar-refractivity contribution < 1.29 is 24.2 Å². The molecule has 0 aromatic heterocycles. The quantitative estimate of drug-likeness (QED) is 0.717. The molecule has 0 bridgehead atoms. The maximum absolute atomic E-state index is 12.0. The van der Waals surface area contributed by atoms with Gasteiger partial charge in [-0.1, -0.05) is 6.58 Å². The van der Waals surface area contributed by atoms with Gasteiger partial charge in [-0.2, -0.15) is 0 Å². The highest BCUT2D eigenvalue weighted by atomic mass is 16.6. The number of methoxy groups -OCH3 is 1. The minimum absolute atomic E-state index is 0.219. The number of esters is 1. The molecule has 0 saturated carbocycles. The number of ether oxygens (including phenoxy) is 2. The Morgan fingerprint density at radius 2 is 2.38 bits per heavy atom. The Hall–Kier alpha value is -1.86. The van der Waals surface area contributed by atoms with E-state index in [2.05, 4.69) is 11.9 Å². The molecule has 7 nitrogen and oxygen atoms in total. The van der Waals surface area contributed by atoms with Gasteiger partial charge in [-0.25, -0.2) is 0 Å². The second kappa shape index (κ2) is 5.50. The summed E-state index contributed by atoms with van der Waals surface area (Å²) < 4.78 is 10.6. The number of carbonyl (C=O) groups excluding carboxylic acids is 2. The molecular weight excluding hydrogens is 276 g/mol. The average molecular weight is 296 g/mol. The van der Waals surface area contributed by atoms with E-state index in [9.17, 15) is 14.7 Å². The van der Waals surface area contributed by atoms with Gasteiger partial charge in [0.15, 0.2) is 0 Å². The summed E-state index contributed by atoms with van der Waals surface area (Å²) in [6, 6.07) is 0. The Labute approximate surface area is 123 Å². The van der Waals surface area contributed by atoms with Gasteiger partial charge in [-0.3, -0.25) is 9.59 Å². The molecule has 3 atom stereocenters. The molecule has 1 amide bonds. The molecule has 1 fully saturated rings. The molecule has 1 saturated heterocycles. The zero-order valence-electron chi connectivity index (χ0n) is 12.4. The van der Waals surface area contributed by atoms with Crippen LogP contribution in [-0.4, -0.2) is 47.9 Å². The Morgan fingerprint density at radius 3 is 2.95 bits per heavy atom. The number of aliphatic hydroxyl groups excluding tert-OH is 1. The summed E-state index contributed by atoms with van der Waals surface area (Å²) in [5.74, 6) is -0.276. The van der Waals surface area contributed by atoms with Crippen molar-refractivity contribution in [1.82, 2.24) is 10.2 Å². The van der Waals surface area contributed by atoms with Gasteiger partial charge < -0.3 is 24.8 Å². The van der Waals surface area contributed by atoms with E-state index in [1.165, 1.54) is 7.11 Å². The Kier molecular flexibility index (Phi) is 4.06. The number of hydrogen-bond donors (Lipinski definition) is 2. The van der Waals surface area contributed by atoms with Crippen LogP contribution in [-0.2, 0) is 19.1 Å². The SMILES string of the molecule is C=C1NC(=O)C(C)=CN1[C@H]1C[C@](C)(C(=O)OC)[C@@H](CO)O1. The van der Waals surface area contributed by atoms with Crippen LogP contribution in [0.25, 0.3) is 0 Å². The van der Waals surface area contributed by atoms with E-state index in [1.54, 1.807) is 24.9 Å². The summed E-state index contributed by atoms with van der Waals surface area (Å²) in [5, 5.41) is 12.1. The van der Waals surface area contributed by atoms with Gasteiger partial charge in [0, 0.05) is 18.2 Å². The van der Waals surface area contributed by atoms with Crippen LogP contribution >= 0.6 is 0 Å². The highest BCUT2D eigenvalue weighted by Crippen LogP contribution is 2.41. The van der Waals surface area contributed by atoms with Crippen LogP contribution in [0.2, 0.25) is 0 Å². The van der Waals surface area contributed by atoms with Gasteiger partial charge in [0.25, 0.3) is 5.91 Å². The zero-order valence-corrected chi connectivity index (χ0v) is 12.4. The fourth-order valence-electron chi connectivity index (χ4n) is 2.63. The summed E-state index contributed by atoms with van der Waals surface area (Å²) in [7, 11) is 1.31. The van der Waals surface area contributed by atoms with Crippen LogP contribution in [0.3, 0.4) is 0 Å². The summed E-state index contributed by atoms with van der Waals surface area (Å²) in [5.41, 5.74) is -0.435. The van der Waals surface area contributed by atoms with Crippen LogP contribution < -0.4 is 5.32 Å². The van der Waals surface area contributed by atoms with Gasteiger partial charge >= 0.3 is 5.97 Å². The minimum atomic E-state index is -0.947. The van der Waals surface area contributed by atoms with Crippen molar-refractivity contribution in [1.29, 1.82) is 0 Å². The fourth-order valence-corrected chi connectivity index (χ4v) is 2.63. The first kappa shape index (κ1) is 15.5. The molecule has 21 heavy (non-hydrogen) atoms. The zero-order chi connectivity index (χ0) is 15.8. The van der Waals surface area contributed by atoms with E-state index in [1.807, 2.05) is 0 Å². The summed E-state index contributed by atoms with van der Waals surface area (Å²) >= 11 is 0. The molecule has 0 unspecified atom stereocenters. The normalized spacial score (nSPS) is 32.8. The molecule has 0 aromatic rings. The number of aliphatic hydroxyl groups is 1. The maximum atomic E-state index is 12.0. The number of carbonyl (C=O) groups is 2. The van der Waals surface area contributed by atoms with Crippen molar-refractivity contribution in [3.63, 3.8) is 0 Å². The Morgan fingerprint density at radius 1 is 1.71 bits per heavy atom. The average Bonchev–Trinajstić information content (AvgIpc) is 2.80. The van der Waals surface area contributed by atoms with E-state index in [-0.39, 0.29) is 12.5 Å². The van der Waals surface area contributed by atoms with Crippen LogP contribution in [0, 0.1) is 5.41 Å². The van der Waals surface area contributed by atoms with E-state index in [4.69, 9.17) is 9.47 Å². The number of amides is 1. The summed E-state index contributed by atoms with van der Waals surface area (Å²) in [6.45, 7) is 6.85. The van der Waals surface area contributed by atoms with Gasteiger partial charge in [0.1, 0.15) is 12.0 Å². The van der Waals surface area contributed by atoms with Gasteiger partial charge in [-0.05, 0) is 13.8 Å². The third-order valence-corrected chi connectivity index (χ3v) is 4.02. The Bertz CT molecular complexity index is 515. The second-order valence-corrected chi connectivity index (χ2v) is 5.50. The first-order chi connectivity index (χ1) is 9.83. The molecular formula is C14H20N2O5. The molecule has 7 heteroatoms. The second-order valence-electron chi connectivity index (χ2n) is 5.50. The maximum Gasteiger partial charge on any atom is 0.314 e. The predicted octanol–water partition coefficient (Wildman–Crippen LogP) is 0.0798. The number of nitrogens with one attached hydrogen (secondary N) is 1. The standard InChI is InChI=1S/C14H20N2O5/c1-8-6-16(9(2)15-12(8)18)11-5-14(3,13(19)20-4)10(7-17)21-11/h6,10-11,17H,2,5,7H2,1,3-4H3,(H,15,18)/t10-,11-,14+/m1/s1. The van der Waals surface area contributed by atoms with Crippen molar-refractivity contribution in [3.8, 4) is 0 Å². The third kappa shape index (κ3) is 2.54. The van der Waals surface area contributed by atoms with E-state index >= 15 is 0 Å². The largest absolute Gasteiger partial charge is 0.469 e. The molecule has 0 aromatic carbocycles. The van der Waals surface area contributed by atoms with Gasteiger partial charge in [-0.15, -0.1) is 0 Å². The molecule has 0 aliphatic carbocycles. The number of nitrogens with zero attached hydrogens (tertiary/aromatic N) is 1. The highest BCUT2D eigenvalue weighted by molar-refractivity contribution is 5.94. The van der Waals surface area contributed by atoms with Crippen LogP contribution in [0.5, 0.6) is 0 Å². The van der Waals surface area contributed by atoms with Crippen LogP contribution in [0.1, 0.15) is 20.3 Å². The third-order valence-electron chi connectivity index (χ3n) is 4.02. The van der Waals surface area contributed by atoms with Crippen molar-refractivity contribution in [2.75, 3.05) is 13.7 Å². The summed E-state index contributed by atoms with van der Waals surface area (Å²) in [6.07, 6.45) is 0.774. The summed E-state index contributed by atoms with van der Waals surface area (Å²) in [4.78, 5) is 25.2. The van der Waals surface area contributed by atoms with Gasteiger partial charge in [0.05, 0.1) is 25.2 Å². The molecule has 2 heterocycles. The van der Waals surface area contributed by atoms with E-state index in [0.717, 1.165) is 0 Å². The molecule has 0 spiro atoms. The topological polar surface area (TPSA) is 88.1 Å². The predicted molar refractivity (Wildman–Crippen MR) is 73.4 cm³/mol.